The van der Waals surface area contributed by atoms with E-state index in [9.17, 15) is 29.4 Å². The quantitative estimate of drug-likeness (QED) is 0.0399. The number of fused-ring (bicyclic) bond motifs is 8. The number of aryl methyl sites for hydroxylation is 2. The summed E-state index contributed by atoms with van der Waals surface area (Å²) in [6.45, 7) is 11.8. The molecule has 2 amide bonds. The van der Waals surface area contributed by atoms with Crippen molar-refractivity contribution in [2.75, 3.05) is 38.7 Å². The molecule has 0 aromatic carbocycles. The molecule has 8 bridgehead atoms. The lowest BCUT2D eigenvalue weighted by Crippen LogP contribution is -2.34. The maximum absolute atomic E-state index is 14.2. The topological polar surface area (TPSA) is 224 Å². The van der Waals surface area contributed by atoms with Crippen LogP contribution in [0, 0.1) is 13.8 Å². The van der Waals surface area contributed by atoms with Crippen LogP contribution in [-0.2, 0) is 20.7 Å². The molecule has 6 rings (SSSR count). The number of carbonyl (C=O) groups excluding carboxylic acids is 4. The number of pyridine rings is 1. The van der Waals surface area contributed by atoms with Gasteiger partial charge in [0.05, 0.1) is 48.5 Å². The van der Waals surface area contributed by atoms with E-state index in [1.54, 1.807) is 13.1 Å². The lowest BCUT2D eigenvalue weighted by molar-refractivity contribution is -0.139. The number of amides is 2. The third-order valence-electron chi connectivity index (χ3n) is 12.1. The molecule has 0 saturated carbocycles. The first kappa shape index (κ1) is 44.6. The number of ketones is 1. The normalized spacial score (nSPS) is 17.7. The van der Waals surface area contributed by atoms with E-state index in [0.717, 1.165) is 29.2 Å². The number of H-pyrrole nitrogens is 2. The molecule has 6 heterocycles. The summed E-state index contributed by atoms with van der Waals surface area (Å²) in [5.41, 5.74) is 7.70. The molecule has 15 nitrogen and oxygen atoms in total. The van der Waals surface area contributed by atoms with Gasteiger partial charge in [-0.2, -0.15) is 0 Å². The number of esters is 1. The van der Waals surface area contributed by atoms with Gasteiger partial charge in [0.2, 0.25) is 5.91 Å². The molecule has 0 radical (unpaired) electrons. The van der Waals surface area contributed by atoms with Crippen LogP contribution >= 0.6 is 0 Å². The highest BCUT2D eigenvalue weighted by Gasteiger charge is 2.34. The van der Waals surface area contributed by atoms with Crippen molar-refractivity contribution in [3.63, 3.8) is 0 Å². The predicted molar refractivity (Wildman–Crippen MR) is 234 cm³/mol. The first-order valence-corrected chi connectivity index (χ1v) is 21.1. The Bertz CT molecular complexity index is 2440. The molecule has 324 valence electrons. The summed E-state index contributed by atoms with van der Waals surface area (Å²) in [5, 5.41) is 28.7. The third kappa shape index (κ3) is 9.84. The molecule has 61 heavy (non-hydrogen) atoms. The van der Waals surface area contributed by atoms with E-state index < -0.39 is 24.6 Å². The molecule has 15 heteroatoms. The number of nitrogens with zero attached hydrogens (tertiary/aromatic N) is 3. The van der Waals surface area contributed by atoms with Crippen molar-refractivity contribution in [3.8, 4) is 0 Å². The minimum absolute atomic E-state index is 0.0129. The maximum atomic E-state index is 14.2. The molecule has 0 spiro atoms. The van der Waals surface area contributed by atoms with E-state index in [0.29, 0.717) is 76.1 Å². The summed E-state index contributed by atoms with van der Waals surface area (Å²) < 4.78 is 5.23. The fourth-order valence-corrected chi connectivity index (χ4v) is 8.59. The van der Waals surface area contributed by atoms with Crippen LogP contribution < -0.4 is 16.0 Å². The highest BCUT2D eigenvalue weighted by atomic mass is 16.5. The van der Waals surface area contributed by atoms with Crippen molar-refractivity contribution >= 4 is 51.5 Å². The first-order chi connectivity index (χ1) is 29.3. The Hall–Kier alpha value is -5.93. The summed E-state index contributed by atoms with van der Waals surface area (Å²) in [6, 6.07) is 11.4. The van der Waals surface area contributed by atoms with Crippen LogP contribution in [0.2, 0.25) is 0 Å². The van der Waals surface area contributed by atoms with Crippen LogP contribution in [0.4, 0.5) is 5.82 Å². The number of aromatic nitrogens is 5. The Balaban J connectivity index is 1.55. The minimum Gasteiger partial charge on any atom is -0.469 e. The minimum atomic E-state index is -1.18. The van der Waals surface area contributed by atoms with Gasteiger partial charge in [-0.15, -0.1) is 0 Å². The van der Waals surface area contributed by atoms with Gasteiger partial charge in [0.15, 0.2) is 5.78 Å². The number of nitrogens with one attached hydrogen (secondary N) is 5. The SMILES string of the molecule is CC[C@H]1c2cc3[nH]c(c(CC(=O)OC)c4nc(cc5[nH]c(cc(n2)[C@@H]1C)c(C(C)=O)c5C)[C@@H](C)[C@@H]4CCC(=O)NCCCNc1ccccn1)c(C(=O)NCC(O)CO)c3C. The van der Waals surface area contributed by atoms with E-state index >= 15 is 0 Å². The number of carbonyl (C=O) groups is 4. The fraction of sp³-hybridized carbons (Fsp3) is 0.457. The Morgan fingerprint density at radius 1 is 0.885 bits per heavy atom. The standard InChI is InChI=1S/C46H58N8O7/c1-8-30-24(2)33-21-38-42(28(6)56)26(4)35(52-38)19-34-25(3)31(13-14-40(58)49-17-11-16-48-39-12-9-10-15-47-39)44(53-34)32(18-41(59)61-7)45-43(46(60)50-22-29(57)23-55)27(5)36(54-45)20-37(30)51-33/h9-10,12,15,19-21,24-25,29-31,52,54-55,57H,8,11,13-14,16-18,22-23H2,1-7H3,(H,47,48)(H,49,58)(H,50,60)/t24-,25+,29?,30-,31+/m1/s1. The van der Waals surface area contributed by atoms with Crippen molar-refractivity contribution in [1.29, 1.82) is 0 Å². The second kappa shape index (κ2) is 19.6. The Morgan fingerprint density at radius 2 is 1.57 bits per heavy atom. The van der Waals surface area contributed by atoms with Crippen molar-refractivity contribution in [3.05, 3.63) is 93.2 Å². The molecule has 2 aliphatic heterocycles. The van der Waals surface area contributed by atoms with E-state index in [-0.39, 0.29) is 60.3 Å². The number of hydrogen-bond donors (Lipinski definition) is 7. The highest BCUT2D eigenvalue weighted by Crippen LogP contribution is 2.43. The van der Waals surface area contributed by atoms with Crippen molar-refractivity contribution < 1.29 is 34.1 Å². The lowest BCUT2D eigenvalue weighted by Gasteiger charge is -2.18. The van der Waals surface area contributed by atoms with Gasteiger partial charge in [-0.1, -0.05) is 26.8 Å². The monoisotopic (exact) mass is 834 g/mol. The fourth-order valence-electron chi connectivity index (χ4n) is 8.59. The second-order valence-electron chi connectivity index (χ2n) is 16.1. The van der Waals surface area contributed by atoms with Crippen molar-refractivity contribution in [1.82, 2.24) is 35.6 Å². The molecule has 0 fully saturated rings. The number of anilines is 1. The lowest BCUT2D eigenvalue weighted by atomic mass is 9.85. The maximum Gasteiger partial charge on any atom is 0.310 e. The van der Waals surface area contributed by atoms with Crippen LogP contribution in [0.25, 0.3) is 22.1 Å². The summed E-state index contributed by atoms with van der Waals surface area (Å²) in [6.07, 6.45) is 2.28. The summed E-state index contributed by atoms with van der Waals surface area (Å²) >= 11 is 0. The zero-order valence-corrected chi connectivity index (χ0v) is 36.1. The van der Waals surface area contributed by atoms with Gasteiger partial charge in [-0.25, -0.2) is 4.98 Å². The molecule has 0 saturated heterocycles. The van der Waals surface area contributed by atoms with Gasteiger partial charge < -0.3 is 40.9 Å². The summed E-state index contributed by atoms with van der Waals surface area (Å²) in [4.78, 5) is 75.8. The number of aromatic amines is 2. The Morgan fingerprint density at radius 3 is 2.26 bits per heavy atom. The van der Waals surface area contributed by atoms with E-state index in [2.05, 4.69) is 44.7 Å². The molecule has 1 unspecified atom stereocenters. The number of rotatable bonds is 16. The van der Waals surface area contributed by atoms with Gasteiger partial charge in [-0.05, 0) is 81.5 Å². The molecule has 0 aliphatic carbocycles. The zero-order chi connectivity index (χ0) is 44.0. The molecule has 5 atom stereocenters. The molecular weight excluding hydrogens is 777 g/mol. The largest absolute Gasteiger partial charge is 0.469 e. The van der Waals surface area contributed by atoms with Gasteiger partial charge in [0, 0.05) is 95.2 Å². The van der Waals surface area contributed by atoms with Crippen LogP contribution in [-0.4, -0.2) is 98.2 Å². The van der Waals surface area contributed by atoms with Gasteiger partial charge in [-0.3, -0.25) is 29.1 Å². The molecule has 7 N–H and O–H groups in total. The number of aliphatic hydroxyl groups is 2. The average molecular weight is 835 g/mol. The summed E-state index contributed by atoms with van der Waals surface area (Å²) in [7, 11) is 1.30. The van der Waals surface area contributed by atoms with E-state index in [1.807, 2.05) is 57.2 Å². The smallest absolute Gasteiger partial charge is 0.310 e. The Labute approximate surface area is 355 Å². The van der Waals surface area contributed by atoms with Crippen molar-refractivity contribution in [2.24, 2.45) is 0 Å². The molecule has 2 aliphatic rings. The molecule has 4 aromatic rings. The number of Topliss-reactive ketones (excluding diaryl/α,β-unsaturated/α-hetero) is 1. The molecule has 4 aromatic heterocycles. The van der Waals surface area contributed by atoms with Crippen LogP contribution in [0.15, 0.2) is 42.6 Å². The van der Waals surface area contributed by atoms with E-state index in [1.165, 1.54) is 7.11 Å². The van der Waals surface area contributed by atoms with Crippen molar-refractivity contribution in [2.45, 2.75) is 103 Å². The van der Waals surface area contributed by atoms with Gasteiger partial charge in [0.1, 0.15) is 5.82 Å². The zero-order valence-electron chi connectivity index (χ0n) is 36.1. The highest BCUT2D eigenvalue weighted by molar-refractivity contribution is 6.06. The van der Waals surface area contributed by atoms with Gasteiger partial charge >= 0.3 is 5.97 Å². The number of ether oxygens (including phenoxy) is 1. The van der Waals surface area contributed by atoms with Crippen LogP contribution in [0.5, 0.6) is 0 Å². The first-order valence-electron chi connectivity index (χ1n) is 21.1. The Kier molecular flexibility index (Phi) is 14.4. The predicted octanol–water partition coefficient (Wildman–Crippen LogP) is 5.91. The van der Waals surface area contributed by atoms with Gasteiger partial charge in [0.25, 0.3) is 5.91 Å². The summed E-state index contributed by atoms with van der Waals surface area (Å²) in [5.74, 6) is -1.14. The third-order valence-corrected chi connectivity index (χ3v) is 12.1. The molecular formula is C46H58N8O7. The van der Waals surface area contributed by atoms with E-state index in [4.69, 9.17) is 14.7 Å². The number of hydrogen-bond acceptors (Lipinski definition) is 11. The number of aliphatic hydroxyl groups excluding tert-OH is 2. The van der Waals surface area contributed by atoms with Crippen LogP contribution in [0.1, 0.15) is 137 Å². The average Bonchev–Trinajstić information content (AvgIpc) is 3.93. The second-order valence-corrected chi connectivity index (χ2v) is 16.1. The van der Waals surface area contributed by atoms with Crippen LogP contribution in [0.3, 0.4) is 0 Å². The number of methoxy groups -OCH3 is 1.